The molecular weight excluding hydrogens is 298 g/mol. The Morgan fingerprint density at radius 1 is 1.27 bits per heavy atom. The second-order valence-corrected chi connectivity index (χ2v) is 5.41. The van der Waals surface area contributed by atoms with Gasteiger partial charge in [-0.1, -0.05) is 12.1 Å². The zero-order valence-electron chi connectivity index (χ0n) is 12.5. The third kappa shape index (κ3) is 3.23. The number of nitrogens with one attached hydrogen (secondary N) is 1. The number of furan rings is 1. The molecule has 0 atom stereocenters. The lowest BCUT2D eigenvalue weighted by Crippen LogP contribution is -2.56. The van der Waals surface area contributed by atoms with Crippen molar-refractivity contribution in [1.82, 2.24) is 10.2 Å². The summed E-state index contributed by atoms with van der Waals surface area (Å²) >= 11 is 5.46. The zero-order valence-corrected chi connectivity index (χ0v) is 13.3. The van der Waals surface area contributed by atoms with Crippen LogP contribution in [-0.2, 0) is 6.54 Å². The quantitative estimate of drug-likeness (QED) is 0.855. The van der Waals surface area contributed by atoms with E-state index in [0.717, 1.165) is 23.7 Å². The van der Waals surface area contributed by atoms with Crippen molar-refractivity contribution in [3.8, 4) is 5.75 Å². The van der Waals surface area contributed by atoms with E-state index in [1.165, 1.54) is 0 Å². The smallest absolute Gasteiger partial charge is 0.175 e. The summed E-state index contributed by atoms with van der Waals surface area (Å²) in [5.41, 5.74) is 0.978. The molecule has 0 radical (unpaired) electrons. The van der Waals surface area contributed by atoms with Crippen molar-refractivity contribution in [1.29, 1.82) is 0 Å². The van der Waals surface area contributed by atoms with Crippen molar-refractivity contribution in [3.63, 3.8) is 0 Å². The lowest BCUT2D eigenvalue weighted by atomic mass is 10.2. The van der Waals surface area contributed by atoms with E-state index in [1.807, 2.05) is 48.2 Å². The van der Waals surface area contributed by atoms with Gasteiger partial charge in [-0.2, -0.15) is 0 Å². The molecule has 2 aromatic rings. The van der Waals surface area contributed by atoms with Crippen LogP contribution in [0.2, 0.25) is 0 Å². The molecule has 1 N–H and O–H groups in total. The van der Waals surface area contributed by atoms with E-state index in [9.17, 15) is 0 Å². The van der Waals surface area contributed by atoms with Gasteiger partial charge < -0.3 is 19.4 Å². The Labute approximate surface area is 135 Å². The predicted octanol–water partition coefficient (Wildman–Crippen LogP) is 2.79. The Kier molecular flexibility index (Phi) is 4.60. The maximum Gasteiger partial charge on any atom is 0.175 e. The average molecular weight is 317 g/mol. The molecule has 1 aromatic carbocycles. The average Bonchev–Trinajstić information content (AvgIpc) is 3.03. The minimum atomic E-state index is 0.626. The summed E-state index contributed by atoms with van der Waals surface area (Å²) in [6.45, 7) is 4.73. The van der Waals surface area contributed by atoms with Crippen LogP contribution >= 0.6 is 12.2 Å². The molecule has 1 fully saturated rings. The minimum Gasteiger partial charge on any atom is -0.492 e. The van der Waals surface area contributed by atoms with Gasteiger partial charge in [-0.25, -0.2) is 0 Å². The first kappa shape index (κ1) is 14.9. The van der Waals surface area contributed by atoms with Crippen molar-refractivity contribution >= 4 is 23.0 Å². The molecule has 0 saturated carbocycles. The Hall–Kier alpha value is -2.05. The fourth-order valence-corrected chi connectivity index (χ4v) is 2.68. The summed E-state index contributed by atoms with van der Waals surface area (Å²) < 4.78 is 11.1. The van der Waals surface area contributed by atoms with Crippen LogP contribution in [0.3, 0.4) is 0 Å². The Balaban J connectivity index is 1.78. The number of thiocarbonyl (C=S) groups is 1. The van der Waals surface area contributed by atoms with Crippen LogP contribution in [0.25, 0.3) is 0 Å². The maximum absolute atomic E-state index is 5.71. The zero-order chi connectivity index (χ0) is 15.4. The van der Waals surface area contributed by atoms with Crippen molar-refractivity contribution in [2.75, 3.05) is 24.8 Å². The first-order valence-electron chi connectivity index (χ1n) is 7.30. The SMILES string of the molecule is CCOc1ccccc1N1CN(Cc2ccco2)CNC1=S. The number of hydrogen-bond acceptors (Lipinski definition) is 4. The van der Waals surface area contributed by atoms with Gasteiger partial charge in [0, 0.05) is 0 Å². The first-order chi connectivity index (χ1) is 10.8. The Morgan fingerprint density at radius 3 is 2.91 bits per heavy atom. The van der Waals surface area contributed by atoms with E-state index < -0.39 is 0 Å². The summed E-state index contributed by atoms with van der Waals surface area (Å²) in [7, 11) is 0. The number of benzene rings is 1. The number of rotatable bonds is 5. The molecule has 6 heteroatoms. The maximum atomic E-state index is 5.71. The molecule has 5 nitrogen and oxygen atoms in total. The summed E-state index contributed by atoms with van der Waals surface area (Å²) in [5, 5.41) is 3.96. The third-order valence-corrected chi connectivity index (χ3v) is 3.82. The van der Waals surface area contributed by atoms with Crippen LogP contribution < -0.4 is 15.0 Å². The molecule has 1 aliphatic rings. The Bertz CT molecular complexity index is 630. The van der Waals surface area contributed by atoms with Gasteiger partial charge in [0.15, 0.2) is 5.11 Å². The molecule has 0 spiro atoms. The van der Waals surface area contributed by atoms with Crippen LogP contribution in [0, 0.1) is 0 Å². The van der Waals surface area contributed by atoms with Crippen LogP contribution in [0.5, 0.6) is 5.75 Å². The minimum absolute atomic E-state index is 0.626. The normalized spacial score (nSPS) is 15.7. The molecule has 22 heavy (non-hydrogen) atoms. The lowest BCUT2D eigenvalue weighted by Gasteiger charge is -2.38. The highest BCUT2D eigenvalue weighted by Crippen LogP contribution is 2.29. The number of ether oxygens (including phenoxy) is 1. The molecule has 2 heterocycles. The molecule has 1 aliphatic heterocycles. The molecular formula is C16H19N3O2S. The van der Waals surface area contributed by atoms with E-state index in [4.69, 9.17) is 21.4 Å². The van der Waals surface area contributed by atoms with Gasteiger partial charge in [0.05, 0.1) is 38.4 Å². The molecule has 3 rings (SSSR count). The predicted molar refractivity (Wildman–Crippen MR) is 89.8 cm³/mol. The molecule has 0 unspecified atom stereocenters. The van der Waals surface area contributed by atoms with E-state index in [2.05, 4.69) is 10.2 Å². The molecule has 0 aliphatic carbocycles. The monoisotopic (exact) mass is 317 g/mol. The van der Waals surface area contributed by atoms with Gasteiger partial charge in [0.2, 0.25) is 0 Å². The summed E-state index contributed by atoms with van der Waals surface area (Å²) in [6.07, 6.45) is 1.69. The first-order valence-corrected chi connectivity index (χ1v) is 7.70. The van der Waals surface area contributed by atoms with Gasteiger partial charge in [0.25, 0.3) is 0 Å². The highest BCUT2D eigenvalue weighted by Gasteiger charge is 2.24. The van der Waals surface area contributed by atoms with E-state index in [1.54, 1.807) is 6.26 Å². The standard InChI is InChI=1S/C16H19N3O2S/c1-2-20-15-8-4-3-7-14(15)19-12-18(11-17-16(19)22)10-13-6-5-9-21-13/h3-9H,2,10-12H2,1H3,(H,17,22). The topological polar surface area (TPSA) is 40.9 Å². The molecule has 1 saturated heterocycles. The highest BCUT2D eigenvalue weighted by atomic mass is 32.1. The van der Waals surface area contributed by atoms with Gasteiger partial charge in [-0.15, -0.1) is 0 Å². The second-order valence-electron chi connectivity index (χ2n) is 5.02. The van der Waals surface area contributed by atoms with Crippen molar-refractivity contribution in [2.24, 2.45) is 0 Å². The third-order valence-electron chi connectivity index (χ3n) is 3.46. The fraction of sp³-hybridized carbons (Fsp3) is 0.312. The second kappa shape index (κ2) is 6.81. The van der Waals surface area contributed by atoms with Crippen molar-refractivity contribution in [2.45, 2.75) is 13.5 Å². The number of anilines is 1. The van der Waals surface area contributed by atoms with Crippen LogP contribution in [0.15, 0.2) is 47.1 Å². The van der Waals surface area contributed by atoms with E-state index in [-0.39, 0.29) is 0 Å². The van der Waals surface area contributed by atoms with Crippen LogP contribution in [-0.4, -0.2) is 30.0 Å². The summed E-state index contributed by atoms with van der Waals surface area (Å²) in [6, 6.07) is 11.8. The Morgan fingerprint density at radius 2 is 2.14 bits per heavy atom. The van der Waals surface area contributed by atoms with Crippen molar-refractivity contribution < 1.29 is 9.15 Å². The number of para-hydroxylation sites is 2. The molecule has 0 bridgehead atoms. The number of hydrogen-bond donors (Lipinski definition) is 1. The van der Waals surface area contributed by atoms with Crippen molar-refractivity contribution in [3.05, 3.63) is 48.4 Å². The summed E-state index contributed by atoms with van der Waals surface area (Å²) in [4.78, 5) is 4.27. The highest BCUT2D eigenvalue weighted by molar-refractivity contribution is 7.80. The number of nitrogens with zero attached hydrogens (tertiary/aromatic N) is 2. The largest absolute Gasteiger partial charge is 0.492 e. The molecule has 0 amide bonds. The molecule has 1 aromatic heterocycles. The van der Waals surface area contributed by atoms with Gasteiger partial charge in [-0.3, -0.25) is 4.90 Å². The van der Waals surface area contributed by atoms with E-state index in [0.29, 0.717) is 25.1 Å². The molecule has 116 valence electrons. The lowest BCUT2D eigenvalue weighted by molar-refractivity contribution is 0.231. The summed E-state index contributed by atoms with van der Waals surface area (Å²) in [5.74, 6) is 1.78. The fourth-order valence-electron chi connectivity index (χ4n) is 2.46. The van der Waals surface area contributed by atoms with Gasteiger partial charge >= 0.3 is 0 Å². The van der Waals surface area contributed by atoms with Crippen LogP contribution in [0.4, 0.5) is 5.69 Å². The van der Waals surface area contributed by atoms with E-state index >= 15 is 0 Å². The van der Waals surface area contributed by atoms with Gasteiger partial charge in [-0.05, 0) is 43.4 Å². The van der Waals surface area contributed by atoms with Gasteiger partial charge in [0.1, 0.15) is 11.5 Å². The van der Waals surface area contributed by atoms with Crippen LogP contribution in [0.1, 0.15) is 12.7 Å².